The third kappa shape index (κ3) is 1.08. The molecule has 3 heteroatoms. The van der Waals surface area contributed by atoms with Crippen LogP contribution in [0.3, 0.4) is 0 Å². The number of fused-ring (bicyclic) bond motifs is 1. The van der Waals surface area contributed by atoms with Crippen LogP contribution in [0.4, 0.5) is 0 Å². The van der Waals surface area contributed by atoms with Crippen molar-refractivity contribution < 1.29 is 0 Å². The molecule has 2 N–H and O–H groups in total. The first-order valence-corrected chi connectivity index (χ1v) is 4.39. The van der Waals surface area contributed by atoms with Crippen LogP contribution in [0.1, 0.15) is 5.01 Å². The van der Waals surface area contributed by atoms with Gasteiger partial charge in [-0.05, 0) is 12.1 Å². The van der Waals surface area contributed by atoms with Gasteiger partial charge in [0.05, 0.1) is 15.9 Å². The molecule has 0 spiro atoms. The number of para-hydroxylation sites is 1. The number of aromatic nitrogens is 1. The third-order valence-electron chi connectivity index (χ3n) is 1.57. The van der Waals surface area contributed by atoms with Gasteiger partial charge in [-0.1, -0.05) is 18.7 Å². The van der Waals surface area contributed by atoms with Crippen LogP contribution in [0.5, 0.6) is 0 Å². The molecule has 0 aliphatic rings. The predicted octanol–water partition coefficient (Wildman–Crippen LogP) is 2.23. The molecular weight excluding hydrogens is 168 g/mol. The lowest BCUT2D eigenvalue weighted by Crippen LogP contribution is -1.91. The first-order chi connectivity index (χ1) is 5.77. The number of rotatable bonds is 1. The van der Waals surface area contributed by atoms with Gasteiger partial charge in [0.1, 0.15) is 5.01 Å². The maximum atomic E-state index is 5.53. The van der Waals surface area contributed by atoms with E-state index < -0.39 is 0 Å². The minimum atomic E-state index is 0.538. The zero-order valence-corrected chi connectivity index (χ0v) is 7.27. The van der Waals surface area contributed by atoms with E-state index in [-0.39, 0.29) is 0 Å². The van der Waals surface area contributed by atoms with Crippen molar-refractivity contribution in [2.45, 2.75) is 0 Å². The molecule has 1 aromatic heterocycles. The smallest absolute Gasteiger partial charge is 0.139 e. The SMILES string of the molecule is C=C(N)c1nc2ccccc2s1. The van der Waals surface area contributed by atoms with Crippen LogP contribution < -0.4 is 5.73 Å². The van der Waals surface area contributed by atoms with Crippen molar-refractivity contribution in [3.8, 4) is 0 Å². The van der Waals surface area contributed by atoms with E-state index in [0.717, 1.165) is 15.2 Å². The fourth-order valence-electron chi connectivity index (χ4n) is 1.01. The van der Waals surface area contributed by atoms with Crippen molar-refractivity contribution >= 4 is 27.3 Å². The van der Waals surface area contributed by atoms with Gasteiger partial charge >= 0.3 is 0 Å². The zero-order chi connectivity index (χ0) is 8.55. The third-order valence-corrected chi connectivity index (χ3v) is 2.68. The van der Waals surface area contributed by atoms with Gasteiger partial charge in [-0.3, -0.25) is 0 Å². The fraction of sp³-hybridized carbons (Fsp3) is 0. The molecular formula is C9H8N2S. The van der Waals surface area contributed by atoms with E-state index in [2.05, 4.69) is 11.6 Å². The minimum absolute atomic E-state index is 0.538. The molecule has 0 saturated carbocycles. The molecule has 2 nitrogen and oxygen atoms in total. The Balaban J connectivity index is 2.70. The second-order valence-electron chi connectivity index (χ2n) is 2.51. The Labute approximate surface area is 74.4 Å². The van der Waals surface area contributed by atoms with Gasteiger partial charge in [0.15, 0.2) is 0 Å². The first-order valence-electron chi connectivity index (χ1n) is 3.58. The van der Waals surface area contributed by atoms with Gasteiger partial charge in [-0.15, -0.1) is 11.3 Å². The summed E-state index contributed by atoms with van der Waals surface area (Å²) in [6.45, 7) is 3.65. The summed E-state index contributed by atoms with van der Waals surface area (Å²) in [7, 11) is 0. The van der Waals surface area contributed by atoms with Crippen molar-refractivity contribution in [3.63, 3.8) is 0 Å². The van der Waals surface area contributed by atoms with Crippen molar-refractivity contribution in [1.29, 1.82) is 0 Å². The summed E-state index contributed by atoms with van der Waals surface area (Å²) in [6.07, 6.45) is 0. The molecule has 0 atom stereocenters. The standard InChI is InChI=1S/C9H8N2S/c1-6(10)9-11-7-4-2-3-5-8(7)12-9/h2-5H,1,10H2. The van der Waals surface area contributed by atoms with Crippen LogP contribution in [0.25, 0.3) is 15.9 Å². The van der Waals surface area contributed by atoms with Crippen molar-refractivity contribution in [3.05, 3.63) is 35.9 Å². The molecule has 0 aliphatic carbocycles. The van der Waals surface area contributed by atoms with E-state index in [4.69, 9.17) is 5.73 Å². The summed E-state index contributed by atoms with van der Waals surface area (Å²) in [4.78, 5) is 4.31. The number of thiazole rings is 1. The Morgan fingerprint density at radius 3 is 2.83 bits per heavy atom. The molecule has 1 aromatic carbocycles. The molecule has 12 heavy (non-hydrogen) atoms. The zero-order valence-electron chi connectivity index (χ0n) is 6.45. The molecule has 0 aliphatic heterocycles. The highest BCUT2D eigenvalue weighted by Gasteiger charge is 2.02. The molecule has 2 aromatic rings. The lowest BCUT2D eigenvalue weighted by atomic mass is 10.3. The largest absolute Gasteiger partial charge is 0.397 e. The Morgan fingerprint density at radius 2 is 2.17 bits per heavy atom. The average Bonchev–Trinajstić information content (AvgIpc) is 2.46. The number of hydrogen-bond acceptors (Lipinski definition) is 3. The van der Waals surface area contributed by atoms with Crippen molar-refractivity contribution in [1.82, 2.24) is 4.98 Å². The van der Waals surface area contributed by atoms with E-state index in [9.17, 15) is 0 Å². The topological polar surface area (TPSA) is 38.9 Å². The highest BCUT2D eigenvalue weighted by molar-refractivity contribution is 7.19. The highest BCUT2D eigenvalue weighted by Crippen LogP contribution is 2.23. The molecule has 60 valence electrons. The average molecular weight is 176 g/mol. The minimum Gasteiger partial charge on any atom is -0.397 e. The van der Waals surface area contributed by atoms with Crippen LogP contribution in [-0.4, -0.2) is 4.98 Å². The van der Waals surface area contributed by atoms with Crippen molar-refractivity contribution in [2.75, 3.05) is 0 Å². The summed E-state index contributed by atoms with van der Waals surface area (Å²) in [5, 5.41) is 0.816. The maximum absolute atomic E-state index is 5.53. The predicted molar refractivity (Wildman–Crippen MR) is 52.8 cm³/mol. The molecule has 0 radical (unpaired) electrons. The molecule has 0 unspecified atom stereocenters. The second-order valence-corrected chi connectivity index (χ2v) is 3.54. The highest BCUT2D eigenvalue weighted by atomic mass is 32.1. The normalized spacial score (nSPS) is 10.3. The van der Waals surface area contributed by atoms with Gasteiger partial charge in [-0.25, -0.2) is 4.98 Å². The van der Waals surface area contributed by atoms with Crippen LogP contribution in [-0.2, 0) is 0 Å². The quantitative estimate of drug-likeness (QED) is 0.723. The van der Waals surface area contributed by atoms with E-state index in [0.29, 0.717) is 5.70 Å². The molecule has 1 heterocycles. The molecule has 0 fully saturated rings. The lowest BCUT2D eigenvalue weighted by molar-refractivity contribution is 1.41. The molecule has 2 rings (SSSR count). The monoisotopic (exact) mass is 176 g/mol. The van der Waals surface area contributed by atoms with Crippen LogP contribution >= 0.6 is 11.3 Å². The first kappa shape index (κ1) is 7.31. The second kappa shape index (κ2) is 2.60. The van der Waals surface area contributed by atoms with E-state index in [1.165, 1.54) is 0 Å². The van der Waals surface area contributed by atoms with E-state index in [1.54, 1.807) is 11.3 Å². The van der Waals surface area contributed by atoms with Crippen LogP contribution in [0.2, 0.25) is 0 Å². The number of benzene rings is 1. The van der Waals surface area contributed by atoms with Gasteiger partial charge in [-0.2, -0.15) is 0 Å². The van der Waals surface area contributed by atoms with Gasteiger partial charge in [0, 0.05) is 0 Å². The van der Waals surface area contributed by atoms with Gasteiger partial charge in [0.25, 0.3) is 0 Å². The Bertz CT molecular complexity index is 398. The van der Waals surface area contributed by atoms with E-state index >= 15 is 0 Å². The van der Waals surface area contributed by atoms with Crippen LogP contribution in [0.15, 0.2) is 30.8 Å². The van der Waals surface area contributed by atoms with Crippen molar-refractivity contribution in [2.24, 2.45) is 5.73 Å². The number of nitrogens with zero attached hydrogens (tertiary/aromatic N) is 1. The Kier molecular flexibility index (Phi) is 1.59. The van der Waals surface area contributed by atoms with Gasteiger partial charge < -0.3 is 5.73 Å². The maximum Gasteiger partial charge on any atom is 0.139 e. The number of nitrogens with two attached hydrogens (primary N) is 1. The Morgan fingerprint density at radius 1 is 1.42 bits per heavy atom. The van der Waals surface area contributed by atoms with E-state index in [1.807, 2.05) is 24.3 Å². The number of hydrogen-bond donors (Lipinski definition) is 1. The summed E-state index contributed by atoms with van der Waals surface area (Å²) in [5.74, 6) is 0. The molecule has 0 saturated heterocycles. The summed E-state index contributed by atoms with van der Waals surface area (Å²) in [6, 6.07) is 7.95. The van der Waals surface area contributed by atoms with Crippen LogP contribution in [0, 0.1) is 0 Å². The summed E-state index contributed by atoms with van der Waals surface area (Å²) < 4.78 is 1.15. The molecule has 0 amide bonds. The summed E-state index contributed by atoms with van der Waals surface area (Å²) in [5.41, 5.74) is 7.06. The Hall–Kier alpha value is -1.35. The van der Waals surface area contributed by atoms with Gasteiger partial charge in [0.2, 0.25) is 0 Å². The lowest BCUT2D eigenvalue weighted by Gasteiger charge is -1.86. The summed E-state index contributed by atoms with van der Waals surface area (Å²) >= 11 is 1.57. The fourth-order valence-corrected chi connectivity index (χ4v) is 1.86. The molecule has 0 bridgehead atoms.